The summed E-state index contributed by atoms with van der Waals surface area (Å²) in [5, 5.41) is 3.32. The first-order chi connectivity index (χ1) is 12.1. The third-order valence-electron chi connectivity index (χ3n) is 3.92. The Hall–Kier alpha value is -1.64. The van der Waals surface area contributed by atoms with E-state index in [2.05, 4.69) is 21.2 Å². The number of hydrogen-bond donors (Lipinski definition) is 1. The van der Waals surface area contributed by atoms with Crippen LogP contribution in [0.25, 0.3) is 0 Å². The van der Waals surface area contributed by atoms with Crippen LogP contribution in [0.15, 0.2) is 21.2 Å². The molecule has 0 saturated heterocycles. The van der Waals surface area contributed by atoms with Crippen LogP contribution in [0.3, 0.4) is 0 Å². The number of aryl methyl sites for hydroxylation is 1. The highest BCUT2D eigenvalue weighted by Gasteiger charge is 2.28. The second kappa shape index (κ2) is 8.16. The minimum absolute atomic E-state index is 0.178. The Bertz CT molecular complexity index is 782. The SMILES string of the molecule is COCCOC(=O)c1c(NC(=O)c2ccc(Br)o2)sc2c1CCCC2. The number of ether oxygens (including phenoxy) is 2. The van der Waals surface area contributed by atoms with Gasteiger partial charge in [0.2, 0.25) is 0 Å². The fraction of sp³-hybridized carbons (Fsp3) is 0.412. The van der Waals surface area contributed by atoms with Gasteiger partial charge in [0.25, 0.3) is 5.91 Å². The maximum Gasteiger partial charge on any atom is 0.341 e. The molecule has 0 radical (unpaired) electrons. The lowest BCUT2D eigenvalue weighted by molar-refractivity contribution is 0.0388. The Balaban J connectivity index is 1.85. The van der Waals surface area contributed by atoms with E-state index in [1.54, 1.807) is 19.2 Å². The van der Waals surface area contributed by atoms with Gasteiger partial charge >= 0.3 is 5.97 Å². The smallest absolute Gasteiger partial charge is 0.341 e. The molecule has 2 aromatic heterocycles. The van der Waals surface area contributed by atoms with Crippen molar-refractivity contribution < 1.29 is 23.5 Å². The zero-order chi connectivity index (χ0) is 17.8. The quantitative estimate of drug-likeness (QED) is 0.555. The van der Waals surface area contributed by atoms with E-state index in [1.165, 1.54) is 11.3 Å². The highest BCUT2D eigenvalue weighted by atomic mass is 79.9. The average molecular weight is 428 g/mol. The van der Waals surface area contributed by atoms with Crippen molar-refractivity contribution in [3.63, 3.8) is 0 Å². The summed E-state index contributed by atoms with van der Waals surface area (Å²) in [6, 6.07) is 3.22. The average Bonchev–Trinajstić information content (AvgIpc) is 3.18. The van der Waals surface area contributed by atoms with E-state index in [4.69, 9.17) is 13.9 Å². The summed E-state index contributed by atoms with van der Waals surface area (Å²) in [4.78, 5) is 26.1. The molecule has 0 spiro atoms. The second-order valence-corrected chi connectivity index (χ2v) is 7.49. The Labute approximate surface area is 157 Å². The van der Waals surface area contributed by atoms with Crippen LogP contribution >= 0.6 is 27.3 Å². The van der Waals surface area contributed by atoms with E-state index in [0.717, 1.165) is 36.1 Å². The van der Waals surface area contributed by atoms with E-state index >= 15 is 0 Å². The van der Waals surface area contributed by atoms with Crippen LogP contribution in [0.2, 0.25) is 0 Å². The molecule has 0 atom stereocenters. The normalized spacial score (nSPS) is 13.4. The number of carbonyl (C=O) groups is 2. The Morgan fingerprint density at radius 2 is 2.08 bits per heavy atom. The fourth-order valence-electron chi connectivity index (χ4n) is 2.76. The van der Waals surface area contributed by atoms with Gasteiger partial charge in [-0.25, -0.2) is 4.79 Å². The Morgan fingerprint density at radius 3 is 2.80 bits per heavy atom. The summed E-state index contributed by atoms with van der Waals surface area (Å²) in [6.07, 6.45) is 3.86. The monoisotopic (exact) mass is 427 g/mol. The van der Waals surface area contributed by atoms with Crippen LogP contribution in [-0.2, 0) is 22.3 Å². The van der Waals surface area contributed by atoms with E-state index in [9.17, 15) is 9.59 Å². The molecule has 0 fully saturated rings. The number of hydrogen-bond acceptors (Lipinski definition) is 6. The van der Waals surface area contributed by atoms with E-state index < -0.39 is 11.9 Å². The molecule has 0 saturated carbocycles. The number of halogens is 1. The van der Waals surface area contributed by atoms with Crippen LogP contribution in [0.4, 0.5) is 5.00 Å². The summed E-state index contributed by atoms with van der Waals surface area (Å²) >= 11 is 4.62. The van der Waals surface area contributed by atoms with Gasteiger partial charge in [-0.1, -0.05) is 0 Å². The molecule has 25 heavy (non-hydrogen) atoms. The number of fused-ring (bicyclic) bond motifs is 1. The molecule has 1 aliphatic carbocycles. The minimum atomic E-state index is -0.424. The Morgan fingerprint density at radius 1 is 1.28 bits per heavy atom. The van der Waals surface area contributed by atoms with Gasteiger partial charge in [-0.3, -0.25) is 4.79 Å². The molecule has 0 bridgehead atoms. The molecule has 0 unspecified atom stereocenters. The summed E-state index contributed by atoms with van der Waals surface area (Å²) < 4.78 is 16.0. The zero-order valence-electron chi connectivity index (χ0n) is 13.7. The number of furan rings is 1. The molecule has 3 rings (SSSR count). The summed E-state index contributed by atoms with van der Waals surface area (Å²) in [6.45, 7) is 0.513. The lowest BCUT2D eigenvalue weighted by atomic mass is 9.95. The van der Waals surface area contributed by atoms with Crippen LogP contribution in [-0.4, -0.2) is 32.2 Å². The predicted molar refractivity (Wildman–Crippen MR) is 97.5 cm³/mol. The fourth-order valence-corrected chi connectivity index (χ4v) is 4.34. The number of thiophene rings is 1. The van der Waals surface area contributed by atoms with Gasteiger partial charge in [0.05, 0.1) is 12.2 Å². The Kier molecular flexibility index (Phi) is 5.93. The van der Waals surface area contributed by atoms with Gasteiger partial charge in [-0.15, -0.1) is 11.3 Å². The van der Waals surface area contributed by atoms with Crippen LogP contribution < -0.4 is 5.32 Å². The topological polar surface area (TPSA) is 77.8 Å². The second-order valence-electron chi connectivity index (χ2n) is 5.60. The third-order valence-corrected chi connectivity index (χ3v) is 5.55. The molecule has 2 heterocycles. The molecule has 6 nitrogen and oxygen atoms in total. The first kappa shape index (κ1) is 18.2. The molecular weight excluding hydrogens is 410 g/mol. The van der Waals surface area contributed by atoms with Crippen molar-refractivity contribution in [3.8, 4) is 0 Å². The van der Waals surface area contributed by atoms with Crippen molar-refractivity contribution in [1.82, 2.24) is 0 Å². The number of amides is 1. The number of methoxy groups -OCH3 is 1. The summed E-state index contributed by atoms with van der Waals surface area (Å²) in [5.41, 5.74) is 1.46. The molecule has 1 aliphatic rings. The highest BCUT2D eigenvalue weighted by Crippen LogP contribution is 2.38. The molecule has 2 aromatic rings. The summed E-state index contributed by atoms with van der Waals surface area (Å²) in [7, 11) is 1.55. The third kappa shape index (κ3) is 4.13. The maximum atomic E-state index is 12.5. The molecule has 0 aromatic carbocycles. The van der Waals surface area contributed by atoms with Crippen molar-refractivity contribution in [1.29, 1.82) is 0 Å². The zero-order valence-corrected chi connectivity index (χ0v) is 16.1. The van der Waals surface area contributed by atoms with Crippen molar-refractivity contribution in [2.24, 2.45) is 0 Å². The standard InChI is InChI=1S/C17H18BrNO5S/c1-22-8-9-23-17(21)14-10-4-2-3-5-12(10)25-16(14)19-15(20)11-6-7-13(18)24-11/h6-7H,2-5,8-9H2,1H3,(H,19,20). The minimum Gasteiger partial charge on any atom is -0.460 e. The van der Waals surface area contributed by atoms with Crippen LogP contribution in [0.5, 0.6) is 0 Å². The lowest BCUT2D eigenvalue weighted by Gasteiger charge is -2.12. The number of esters is 1. The molecule has 8 heteroatoms. The van der Waals surface area contributed by atoms with Crippen molar-refractivity contribution in [2.45, 2.75) is 25.7 Å². The van der Waals surface area contributed by atoms with E-state index in [1.807, 2.05) is 0 Å². The van der Waals surface area contributed by atoms with Gasteiger partial charge in [0.1, 0.15) is 11.6 Å². The van der Waals surface area contributed by atoms with Gasteiger partial charge < -0.3 is 19.2 Å². The number of nitrogens with one attached hydrogen (secondary N) is 1. The van der Waals surface area contributed by atoms with E-state index in [-0.39, 0.29) is 12.4 Å². The van der Waals surface area contributed by atoms with Gasteiger partial charge in [-0.05, 0) is 59.3 Å². The van der Waals surface area contributed by atoms with Gasteiger partial charge in [-0.2, -0.15) is 0 Å². The molecule has 0 aliphatic heterocycles. The summed E-state index contributed by atoms with van der Waals surface area (Å²) in [5.74, 6) is -0.639. The van der Waals surface area contributed by atoms with E-state index in [0.29, 0.717) is 21.8 Å². The van der Waals surface area contributed by atoms with Crippen LogP contribution in [0.1, 0.15) is 44.2 Å². The van der Waals surface area contributed by atoms with Gasteiger partial charge in [0, 0.05) is 12.0 Å². The van der Waals surface area contributed by atoms with Crippen molar-refractivity contribution in [2.75, 3.05) is 25.6 Å². The van der Waals surface area contributed by atoms with Crippen LogP contribution in [0, 0.1) is 0 Å². The number of carbonyl (C=O) groups excluding carboxylic acids is 2. The number of rotatable bonds is 6. The van der Waals surface area contributed by atoms with Crippen molar-refractivity contribution >= 4 is 44.1 Å². The first-order valence-electron chi connectivity index (χ1n) is 7.97. The molecule has 1 N–H and O–H groups in total. The molecule has 1 amide bonds. The molecular formula is C17H18BrNO5S. The first-order valence-corrected chi connectivity index (χ1v) is 9.58. The van der Waals surface area contributed by atoms with Crippen molar-refractivity contribution in [3.05, 3.63) is 38.6 Å². The molecule has 134 valence electrons. The van der Waals surface area contributed by atoms with Gasteiger partial charge in [0.15, 0.2) is 10.4 Å². The largest absolute Gasteiger partial charge is 0.460 e. The maximum absolute atomic E-state index is 12.5. The highest BCUT2D eigenvalue weighted by molar-refractivity contribution is 9.10. The lowest BCUT2D eigenvalue weighted by Crippen LogP contribution is -2.16. The number of anilines is 1. The predicted octanol–water partition coefficient (Wildman–Crippen LogP) is 4.04.